The summed E-state index contributed by atoms with van der Waals surface area (Å²) >= 11 is 1.29. The largest absolute Gasteiger partial charge is 0.397 e. The molecular formula is C7H8N6OS. The summed E-state index contributed by atoms with van der Waals surface area (Å²) in [6.07, 6.45) is 0. The van der Waals surface area contributed by atoms with Gasteiger partial charge in [-0.15, -0.1) is 21.5 Å². The van der Waals surface area contributed by atoms with E-state index in [1.165, 1.54) is 11.3 Å². The van der Waals surface area contributed by atoms with Gasteiger partial charge in [0.25, 0.3) is 5.91 Å². The van der Waals surface area contributed by atoms with Crippen LogP contribution in [0, 0.1) is 0 Å². The maximum absolute atomic E-state index is 11.6. The molecule has 4 N–H and O–H groups in total. The number of nitrogens with one attached hydrogen (secondary N) is 2. The summed E-state index contributed by atoms with van der Waals surface area (Å²) in [5.74, 6) is 0.200. The Labute approximate surface area is 88.7 Å². The number of carbonyl (C=O) groups excluding carboxylic acids is 1. The van der Waals surface area contributed by atoms with Gasteiger partial charge in [0.05, 0.1) is 12.2 Å². The van der Waals surface area contributed by atoms with Crippen LogP contribution in [0.25, 0.3) is 0 Å². The number of carbonyl (C=O) groups is 1. The zero-order valence-corrected chi connectivity index (χ0v) is 8.41. The monoisotopic (exact) mass is 224 g/mol. The third kappa shape index (κ3) is 2.10. The molecule has 0 spiro atoms. The van der Waals surface area contributed by atoms with E-state index in [-0.39, 0.29) is 12.5 Å². The predicted molar refractivity (Wildman–Crippen MR) is 54.1 cm³/mol. The standard InChI is InChI=1S/C7H8N6OS/c8-4-1-2-15-6(4)7(14)9-3-5-10-12-13-11-5/h1-2H,3,8H2,(H,9,14)(H,10,11,12,13). The molecule has 0 saturated heterocycles. The first-order valence-corrected chi connectivity index (χ1v) is 4.99. The van der Waals surface area contributed by atoms with Gasteiger partial charge in [-0.1, -0.05) is 5.21 Å². The molecule has 0 aliphatic carbocycles. The minimum atomic E-state index is -0.229. The van der Waals surface area contributed by atoms with Crippen LogP contribution in [-0.2, 0) is 6.54 Å². The van der Waals surface area contributed by atoms with Crippen LogP contribution >= 0.6 is 11.3 Å². The molecule has 0 aromatic carbocycles. The number of nitrogen functional groups attached to an aromatic ring is 1. The molecular weight excluding hydrogens is 216 g/mol. The zero-order chi connectivity index (χ0) is 10.7. The Bertz CT molecular complexity index is 450. The van der Waals surface area contributed by atoms with E-state index in [9.17, 15) is 4.79 Å². The third-order valence-corrected chi connectivity index (χ3v) is 2.63. The molecule has 2 rings (SSSR count). The number of aromatic amines is 1. The maximum Gasteiger partial charge on any atom is 0.263 e. The Kier molecular flexibility index (Phi) is 2.59. The minimum Gasteiger partial charge on any atom is -0.397 e. The van der Waals surface area contributed by atoms with Gasteiger partial charge in [0.2, 0.25) is 0 Å². The lowest BCUT2D eigenvalue weighted by atomic mass is 10.4. The lowest BCUT2D eigenvalue weighted by Gasteiger charge is -2.00. The highest BCUT2D eigenvalue weighted by Crippen LogP contribution is 2.18. The van der Waals surface area contributed by atoms with Crippen LogP contribution in [0.15, 0.2) is 11.4 Å². The summed E-state index contributed by atoms with van der Waals surface area (Å²) in [4.78, 5) is 12.1. The fraction of sp³-hybridized carbons (Fsp3) is 0.143. The zero-order valence-electron chi connectivity index (χ0n) is 7.60. The van der Waals surface area contributed by atoms with Crippen molar-refractivity contribution in [2.75, 3.05) is 5.73 Å². The highest BCUT2D eigenvalue weighted by molar-refractivity contribution is 7.12. The molecule has 0 radical (unpaired) electrons. The van der Waals surface area contributed by atoms with Crippen molar-refractivity contribution in [2.45, 2.75) is 6.54 Å². The number of nitrogens with zero attached hydrogens (tertiary/aromatic N) is 3. The van der Waals surface area contributed by atoms with E-state index >= 15 is 0 Å². The second-order valence-corrected chi connectivity index (χ2v) is 3.63. The first-order chi connectivity index (χ1) is 7.27. The number of anilines is 1. The second-order valence-electron chi connectivity index (χ2n) is 2.72. The summed E-state index contributed by atoms with van der Waals surface area (Å²) in [5, 5.41) is 17.5. The third-order valence-electron chi connectivity index (χ3n) is 1.70. The Morgan fingerprint density at radius 2 is 2.53 bits per heavy atom. The number of hydrogen-bond acceptors (Lipinski definition) is 6. The number of nitrogens with two attached hydrogens (primary N) is 1. The molecule has 0 bridgehead atoms. The summed E-state index contributed by atoms with van der Waals surface area (Å²) in [6.45, 7) is 0.229. The van der Waals surface area contributed by atoms with Crippen LogP contribution in [0.2, 0.25) is 0 Å². The number of H-pyrrole nitrogens is 1. The van der Waals surface area contributed by atoms with Crippen molar-refractivity contribution in [1.29, 1.82) is 0 Å². The maximum atomic E-state index is 11.6. The molecule has 2 aromatic rings. The molecule has 0 fully saturated rings. The van der Waals surface area contributed by atoms with Crippen molar-refractivity contribution < 1.29 is 4.79 Å². The molecule has 0 atom stereocenters. The van der Waals surface area contributed by atoms with Crippen molar-refractivity contribution in [3.05, 3.63) is 22.1 Å². The molecule has 0 unspecified atom stereocenters. The lowest BCUT2D eigenvalue weighted by molar-refractivity contribution is 0.0955. The summed E-state index contributed by atoms with van der Waals surface area (Å²) in [6, 6.07) is 1.69. The van der Waals surface area contributed by atoms with E-state index in [0.29, 0.717) is 16.4 Å². The summed E-state index contributed by atoms with van der Waals surface area (Å²) in [7, 11) is 0. The van der Waals surface area contributed by atoms with Crippen molar-refractivity contribution in [3.8, 4) is 0 Å². The average Bonchev–Trinajstić information content (AvgIpc) is 2.84. The number of tetrazole rings is 1. The van der Waals surface area contributed by atoms with Crippen LogP contribution in [0.5, 0.6) is 0 Å². The molecule has 8 heteroatoms. The second kappa shape index (κ2) is 4.05. The average molecular weight is 224 g/mol. The Morgan fingerprint density at radius 1 is 1.67 bits per heavy atom. The predicted octanol–water partition coefficient (Wildman–Crippen LogP) is -0.227. The van der Waals surface area contributed by atoms with Gasteiger partial charge in [-0.3, -0.25) is 4.79 Å². The fourth-order valence-corrected chi connectivity index (χ4v) is 1.73. The Morgan fingerprint density at radius 3 is 3.13 bits per heavy atom. The first kappa shape index (κ1) is 9.59. The van der Waals surface area contributed by atoms with Crippen LogP contribution in [0.3, 0.4) is 0 Å². The Balaban J connectivity index is 1.96. The minimum absolute atomic E-state index is 0.229. The van der Waals surface area contributed by atoms with Crippen LogP contribution in [0.4, 0.5) is 5.69 Å². The Hall–Kier alpha value is -1.96. The van der Waals surface area contributed by atoms with Crippen LogP contribution in [0.1, 0.15) is 15.5 Å². The van der Waals surface area contributed by atoms with E-state index in [4.69, 9.17) is 5.73 Å². The van der Waals surface area contributed by atoms with E-state index in [1.54, 1.807) is 11.4 Å². The van der Waals surface area contributed by atoms with Gasteiger partial charge in [0, 0.05) is 0 Å². The molecule has 0 aliphatic rings. The lowest BCUT2D eigenvalue weighted by Crippen LogP contribution is -2.23. The quantitative estimate of drug-likeness (QED) is 0.667. The number of hydrogen-bond donors (Lipinski definition) is 3. The normalized spacial score (nSPS) is 10.1. The molecule has 2 aromatic heterocycles. The molecule has 0 saturated carbocycles. The number of amides is 1. The highest BCUT2D eigenvalue weighted by atomic mass is 32.1. The molecule has 2 heterocycles. The van der Waals surface area contributed by atoms with Gasteiger partial charge < -0.3 is 11.1 Å². The molecule has 0 aliphatic heterocycles. The summed E-state index contributed by atoms with van der Waals surface area (Å²) in [5.41, 5.74) is 6.07. The topological polar surface area (TPSA) is 110 Å². The van der Waals surface area contributed by atoms with E-state index in [2.05, 4.69) is 25.9 Å². The van der Waals surface area contributed by atoms with E-state index < -0.39 is 0 Å². The van der Waals surface area contributed by atoms with E-state index in [0.717, 1.165) is 0 Å². The van der Waals surface area contributed by atoms with Gasteiger partial charge in [-0.2, -0.15) is 5.21 Å². The van der Waals surface area contributed by atoms with Crippen molar-refractivity contribution in [3.63, 3.8) is 0 Å². The van der Waals surface area contributed by atoms with Crippen molar-refractivity contribution in [1.82, 2.24) is 25.9 Å². The highest BCUT2D eigenvalue weighted by Gasteiger charge is 2.11. The fourth-order valence-electron chi connectivity index (χ4n) is 1.00. The van der Waals surface area contributed by atoms with Crippen molar-refractivity contribution >= 4 is 22.9 Å². The van der Waals surface area contributed by atoms with Gasteiger partial charge >= 0.3 is 0 Å². The smallest absolute Gasteiger partial charge is 0.263 e. The summed E-state index contributed by atoms with van der Waals surface area (Å²) < 4.78 is 0. The van der Waals surface area contributed by atoms with E-state index in [1.807, 2.05) is 0 Å². The van der Waals surface area contributed by atoms with Gasteiger partial charge in [-0.05, 0) is 11.4 Å². The number of aromatic nitrogens is 4. The first-order valence-electron chi connectivity index (χ1n) is 4.11. The number of thiophene rings is 1. The van der Waals surface area contributed by atoms with Gasteiger partial charge in [-0.25, -0.2) is 0 Å². The SMILES string of the molecule is Nc1ccsc1C(=O)NCc1nn[nH]n1. The van der Waals surface area contributed by atoms with Crippen molar-refractivity contribution in [2.24, 2.45) is 0 Å². The molecule has 1 amide bonds. The number of rotatable bonds is 3. The van der Waals surface area contributed by atoms with Gasteiger partial charge in [0.1, 0.15) is 4.88 Å². The van der Waals surface area contributed by atoms with Crippen LogP contribution in [-0.4, -0.2) is 26.5 Å². The molecule has 78 valence electrons. The molecule has 15 heavy (non-hydrogen) atoms. The van der Waals surface area contributed by atoms with Crippen LogP contribution < -0.4 is 11.1 Å². The van der Waals surface area contributed by atoms with Gasteiger partial charge in [0.15, 0.2) is 5.82 Å². The molecule has 7 nitrogen and oxygen atoms in total.